The van der Waals surface area contributed by atoms with Crippen LogP contribution in [-0.2, 0) is 16.4 Å². The van der Waals surface area contributed by atoms with Crippen molar-refractivity contribution in [3.8, 4) is 0 Å². The van der Waals surface area contributed by atoms with Crippen LogP contribution in [0.3, 0.4) is 0 Å². The smallest absolute Gasteiger partial charge is 0.252 e. The Labute approximate surface area is 125 Å². The van der Waals surface area contributed by atoms with Crippen LogP contribution in [-0.4, -0.2) is 38.4 Å². The SMILES string of the molecule is CCc1ccc(S(=O)(=O)N2CC3CNCC3C2CC)s1. The van der Waals surface area contributed by atoms with Crippen LogP contribution in [0.25, 0.3) is 0 Å². The minimum Gasteiger partial charge on any atom is -0.316 e. The van der Waals surface area contributed by atoms with E-state index in [1.54, 1.807) is 10.4 Å². The molecule has 4 nitrogen and oxygen atoms in total. The number of nitrogens with one attached hydrogen (secondary N) is 1. The number of nitrogens with zero attached hydrogens (tertiary/aromatic N) is 1. The molecule has 2 saturated heterocycles. The summed E-state index contributed by atoms with van der Waals surface area (Å²) in [7, 11) is -3.31. The van der Waals surface area contributed by atoms with Gasteiger partial charge >= 0.3 is 0 Å². The van der Waals surface area contributed by atoms with Gasteiger partial charge in [0.15, 0.2) is 0 Å². The lowest BCUT2D eigenvalue weighted by atomic mass is 9.93. The van der Waals surface area contributed by atoms with E-state index in [-0.39, 0.29) is 6.04 Å². The van der Waals surface area contributed by atoms with Crippen molar-refractivity contribution in [2.75, 3.05) is 19.6 Å². The van der Waals surface area contributed by atoms with E-state index in [9.17, 15) is 8.42 Å². The minimum atomic E-state index is -3.31. The van der Waals surface area contributed by atoms with Crippen LogP contribution >= 0.6 is 11.3 Å². The molecule has 0 radical (unpaired) electrons. The summed E-state index contributed by atoms with van der Waals surface area (Å²) < 4.78 is 28.0. The third-order valence-electron chi connectivity index (χ3n) is 4.64. The van der Waals surface area contributed by atoms with E-state index >= 15 is 0 Å². The van der Waals surface area contributed by atoms with Gasteiger partial charge in [0.1, 0.15) is 4.21 Å². The summed E-state index contributed by atoms with van der Waals surface area (Å²) in [4.78, 5) is 1.14. The van der Waals surface area contributed by atoms with E-state index < -0.39 is 10.0 Å². The number of hydrogen-bond donors (Lipinski definition) is 1. The van der Waals surface area contributed by atoms with Gasteiger partial charge in [-0.3, -0.25) is 0 Å². The third kappa shape index (κ3) is 2.22. The van der Waals surface area contributed by atoms with Crippen molar-refractivity contribution in [1.82, 2.24) is 9.62 Å². The Morgan fingerprint density at radius 1 is 1.35 bits per heavy atom. The van der Waals surface area contributed by atoms with Crippen molar-refractivity contribution in [2.24, 2.45) is 11.8 Å². The molecule has 0 spiro atoms. The molecule has 3 atom stereocenters. The normalized spacial score (nSPS) is 30.8. The Morgan fingerprint density at radius 2 is 2.15 bits per heavy atom. The van der Waals surface area contributed by atoms with Crippen molar-refractivity contribution in [3.05, 3.63) is 17.0 Å². The maximum Gasteiger partial charge on any atom is 0.252 e. The van der Waals surface area contributed by atoms with Gasteiger partial charge in [-0.25, -0.2) is 8.42 Å². The highest BCUT2D eigenvalue weighted by Crippen LogP contribution is 2.39. The molecule has 1 N–H and O–H groups in total. The topological polar surface area (TPSA) is 49.4 Å². The summed E-state index contributed by atoms with van der Waals surface area (Å²) in [5, 5.41) is 3.39. The molecule has 1 aromatic rings. The van der Waals surface area contributed by atoms with Crippen molar-refractivity contribution in [3.63, 3.8) is 0 Å². The molecule has 6 heteroatoms. The number of sulfonamides is 1. The van der Waals surface area contributed by atoms with Gasteiger partial charge in [0.05, 0.1) is 0 Å². The number of thiophene rings is 1. The summed E-state index contributed by atoms with van der Waals surface area (Å²) in [6.45, 7) is 6.75. The van der Waals surface area contributed by atoms with Gasteiger partial charge in [-0.2, -0.15) is 4.31 Å². The highest BCUT2D eigenvalue weighted by Gasteiger charge is 2.48. The first-order valence-electron chi connectivity index (χ1n) is 7.39. The van der Waals surface area contributed by atoms with E-state index in [1.165, 1.54) is 11.3 Å². The van der Waals surface area contributed by atoms with E-state index in [0.717, 1.165) is 30.8 Å². The standard InChI is InChI=1S/C14H22N2O2S2/c1-3-11-5-6-14(19-11)20(17,18)16-9-10-7-15-8-12(10)13(16)4-2/h5-6,10,12-13,15H,3-4,7-9H2,1-2H3. The van der Waals surface area contributed by atoms with Crippen molar-refractivity contribution in [1.29, 1.82) is 0 Å². The summed E-state index contributed by atoms with van der Waals surface area (Å²) in [6, 6.07) is 3.88. The molecule has 20 heavy (non-hydrogen) atoms. The molecule has 3 heterocycles. The quantitative estimate of drug-likeness (QED) is 0.924. The first-order valence-corrected chi connectivity index (χ1v) is 9.64. The largest absolute Gasteiger partial charge is 0.316 e. The van der Waals surface area contributed by atoms with Crippen LogP contribution < -0.4 is 5.32 Å². The Morgan fingerprint density at radius 3 is 2.80 bits per heavy atom. The Hall–Kier alpha value is -0.430. The van der Waals surface area contributed by atoms with Crippen LogP contribution in [0.15, 0.2) is 16.3 Å². The molecule has 0 aliphatic carbocycles. The average molecular weight is 314 g/mol. The summed E-state index contributed by atoms with van der Waals surface area (Å²) in [5.41, 5.74) is 0. The molecule has 0 bridgehead atoms. The van der Waals surface area contributed by atoms with E-state index in [4.69, 9.17) is 0 Å². The van der Waals surface area contributed by atoms with Gasteiger partial charge in [0, 0.05) is 17.5 Å². The fourth-order valence-electron chi connectivity index (χ4n) is 3.57. The Bertz CT molecular complexity index is 582. The molecule has 1 aromatic heterocycles. The first kappa shape index (κ1) is 14.5. The van der Waals surface area contributed by atoms with E-state index in [1.807, 2.05) is 6.07 Å². The highest BCUT2D eigenvalue weighted by atomic mass is 32.2. The van der Waals surface area contributed by atoms with Crippen molar-refractivity contribution in [2.45, 2.75) is 36.9 Å². The maximum atomic E-state index is 12.9. The summed E-state index contributed by atoms with van der Waals surface area (Å²) in [5.74, 6) is 0.973. The number of hydrogen-bond acceptors (Lipinski definition) is 4. The average Bonchev–Trinajstić information content (AvgIpc) is 3.13. The number of fused-ring (bicyclic) bond motifs is 1. The van der Waals surface area contributed by atoms with Crippen LogP contribution in [0, 0.1) is 11.8 Å². The van der Waals surface area contributed by atoms with E-state index in [2.05, 4.69) is 19.2 Å². The molecule has 2 aliphatic rings. The van der Waals surface area contributed by atoms with Gasteiger partial charge in [-0.1, -0.05) is 13.8 Å². The van der Waals surface area contributed by atoms with Crippen molar-refractivity contribution >= 4 is 21.4 Å². The highest BCUT2D eigenvalue weighted by molar-refractivity contribution is 7.91. The minimum absolute atomic E-state index is 0.159. The first-order chi connectivity index (χ1) is 9.57. The van der Waals surface area contributed by atoms with Gasteiger partial charge in [0.25, 0.3) is 10.0 Å². The second-order valence-corrected chi connectivity index (χ2v) is 8.99. The zero-order valence-corrected chi connectivity index (χ0v) is 13.6. The maximum absolute atomic E-state index is 12.9. The number of aryl methyl sites for hydroxylation is 1. The zero-order valence-electron chi connectivity index (χ0n) is 12.0. The molecule has 0 amide bonds. The molecule has 2 fully saturated rings. The van der Waals surface area contributed by atoms with E-state index in [0.29, 0.717) is 22.6 Å². The van der Waals surface area contributed by atoms with Crippen LogP contribution in [0.2, 0.25) is 0 Å². The van der Waals surface area contributed by atoms with Crippen LogP contribution in [0.5, 0.6) is 0 Å². The molecular formula is C14H22N2O2S2. The second kappa shape index (κ2) is 5.40. The zero-order chi connectivity index (χ0) is 14.3. The van der Waals surface area contributed by atoms with Gasteiger partial charge in [0.2, 0.25) is 0 Å². The molecule has 112 valence electrons. The molecular weight excluding hydrogens is 292 g/mol. The predicted molar refractivity (Wildman–Crippen MR) is 81.5 cm³/mol. The Balaban J connectivity index is 1.91. The Kier molecular flexibility index (Phi) is 3.92. The van der Waals surface area contributed by atoms with Crippen molar-refractivity contribution < 1.29 is 8.42 Å². The fourth-order valence-corrected chi connectivity index (χ4v) is 6.79. The number of rotatable bonds is 4. The van der Waals surface area contributed by atoms with Gasteiger partial charge < -0.3 is 5.32 Å². The summed E-state index contributed by atoms with van der Waals surface area (Å²) in [6.07, 6.45) is 1.79. The lowest BCUT2D eigenvalue weighted by Gasteiger charge is -2.25. The molecule has 0 aromatic carbocycles. The molecule has 3 rings (SSSR count). The third-order valence-corrected chi connectivity index (χ3v) is 8.23. The second-order valence-electron chi connectivity index (χ2n) is 5.71. The molecule has 0 saturated carbocycles. The fraction of sp³-hybridized carbons (Fsp3) is 0.714. The van der Waals surface area contributed by atoms with Crippen LogP contribution in [0.1, 0.15) is 25.1 Å². The molecule has 3 unspecified atom stereocenters. The summed E-state index contributed by atoms with van der Waals surface area (Å²) >= 11 is 1.42. The monoisotopic (exact) mass is 314 g/mol. The lowest BCUT2D eigenvalue weighted by Crippen LogP contribution is -2.39. The van der Waals surface area contributed by atoms with Crippen LogP contribution in [0.4, 0.5) is 0 Å². The van der Waals surface area contributed by atoms with Gasteiger partial charge in [-0.15, -0.1) is 11.3 Å². The van der Waals surface area contributed by atoms with Gasteiger partial charge in [-0.05, 0) is 49.9 Å². The predicted octanol–water partition coefficient (Wildman–Crippen LogP) is 1.93. The lowest BCUT2D eigenvalue weighted by molar-refractivity contribution is 0.329. The molecule has 2 aliphatic heterocycles.